The summed E-state index contributed by atoms with van der Waals surface area (Å²) in [5.41, 5.74) is 2.39. The van der Waals surface area contributed by atoms with Crippen LogP contribution in [0.1, 0.15) is 42.9 Å². The van der Waals surface area contributed by atoms with E-state index in [2.05, 4.69) is 10.2 Å². The number of ether oxygens (including phenoxy) is 1. The number of benzene rings is 2. The van der Waals surface area contributed by atoms with Crippen molar-refractivity contribution in [3.8, 4) is 11.1 Å². The number of aryl methyl sites for hydroxylation is 1. The van der Waals surface area contributed by atoms with Crippen molar-refractivity contribution in [1.29, 1.82) is 0 Å². The number of hydrogen-bond acceptors (Lipinski definition) is 3. The number of rotatable bonds is 3. The molecule has 3 aliphatic heterocycles. The van der Waals surface area contributed by atoms with Gasteiger partial charge in [-0.2, -0.15) is 0 Å². The second-order valence-corrected chi connectivity index (χ2v) is 8.83. The lowest BCUT2D eigenvalue weighted by Gasteiger charge is -2.44. The Morgan fingerprint density at radius 1 is 1.00 bits per heavy atom. The average molecular weight is 430 g/mol. The number of nitrogens with one attached hydrogen (secondary N) is 1. The van der Waals surface area contributed by atoms with Gasteiger partial charge in [0, 0.05) is 18.2 Å². The van der Waals surface area contributed by atoms with Crippen molar-refractivity contribution in [3.63, 3.8) is 0 Å². The molecule has 1 aliphatic carbocycles. The predicted molar refractivity (Wildman–Crippen MR) is 110 cm³/mol. The van der Waals surface area contributed by atoms with E-state index in [1.807, 2.05) is 6.07 Å². The zero-order chi connectivity index (χ0) is 21.5. The number of alkyl carbamates (subject to hydrolysis) is 1. The Hall–Kier alpha value is -2.54. The third-order valence-electron chi connectivity index (χ3n) is 6.93. The molecule has 7 heteroatoms. The number of carbonyl (C=O) groups is 1. The lowest BCUT2D eigenvalue weighted by Crippen LogP contribution is -2.52. The van der Waals surface area contributed by atoms with Gasteiger partial charge in [-0.15, -0.1) is 0 Å². The summed E-state index contributed by atoms with van der Waals surface area (Å²) in [6, 6.07) is 6.53. The summed E-state index contributed by atoms with van der Waals surface area (Å²) in [4.78, 5) is 15.0. The Morgan fingerprint density at radius 2 is 1.77 bits per heavy atom. The highest BCUT2D eigenvalue weighted by molar-refractivity contribution is 5.70. The molecule has 164 valence electrons. The maximum Gasteiger partial charge on any atom is 0.407 e. The van der Waals surface area contributed by atoms with E-state index < -0.39 is 23.5 Å². The lowest BCUT2D eigenvalue weighted by molar-refractivity contribution is -0.0340. The van der Waals surface area contributed by atoms with E-state index in [1.165, 1.54) is 0 Å². The first-order valence-corrected chi connectivity index (χ1v) is 10.9. The molecule has 2 atom stereocenters. The molecule has 0 aromatic heterocycles. The minimum atomic E-state index is -1.21. The van der Waals surface area contributed by atoms with E-state index in [1.54, 1.807) is 12.1 Å². The Kier molecular flexibility index (Phi) is 5.38. The summed E-state index contributed by atoms with van der Waals surface area (Å²) in [6.45, 7) is 2.94. The minimum Gasteiger partial charge on any atom is -0.445 e. The maximum atomic E-state index is 14.3. The predicted octanol–water partition coefficient (Wildman–Crippen LogP) is 4.97. The number of piperidine rings is 3. The molecule has 1 amide bonds. The Morgan fingerprint density at radius 3 is 2.52 bits per heavy atom. The fourth-order valence-corrected chi connectivity index (χ4v) is 5.22. The first-order valence-electron chi connectivity index (χ1n) is 10.9. The highest BCUT2D eigenvalue weighted by Crippen LogP contribution is 2.35. The van der Waals surface area contributed by atoms with Gasteiger partial charge in [0.25, 0.3) is 0 Å². The first kappa shape index (κ1) is 20.4. The topological polar surface area (TPSA) is 41.6 Å². The van der Waals surface area contributed by atoms with Gasteiger partial charge in [-0.05, 0) is 79.9 Å². The third kappa shape index (κ3) is 4.03. The van der Waals surface area contributed by atoms with Crippen LogP contribution in [0, 0.1) is 23.4 Å². The smallest absolute Gasteiger partial charge is 0.407 e. The molecule has 1 unspecified atom stereocenters. The number of nitrogens with zero attached hydrogens (tertiary/aromatic N) is 1. The maximum absolute atomic E-state index is 14.3. The number of carbonyl (C=O) groups excluding carboxylic acids is 1. The molecule has 3 saturated heterocycles. The molecule has 3 heterocycles. The van der Waals surface area contributed by atoms with Crippen molar-refractivity contribution < 1.29 is 22.7 Å². The highest BCUT2D eigenvalue weighted by atomic mass is 19.2. The van der Waals surface area contributed by atoms with Crippen molar-refractivity contribution in [3.05, 3.63) is 58.9 Å². The SMILES string of the molecule is O=C(NC1CCCc2ccc(-c3cc(F)c(F)cc3F)cc21)O[C@H]1CN2CCC1CC2. The van der Waals surface area contributed by atoms with Crippen LogP contribution in [0.4, 0.5) is 18.0 Å². The number of fused-ring (bicyclic) bond motifs is 4. The molecule has 4 aliphatic rings. The molecule has 2 aromatic carbocycles. The average Bonchev–Trinajstić information content (AvgIpc) is 2.77. The molecule has 0 spiro atoms. The zero-order valence-electron chi connectivity index (χ0n) is 17.2. The van der Waals surface area contributed by atoms with Gasteiger partial charge >= 0.3 is 6.09 Å². The summed E-state index contributed by atoms with van der Waals surface area (Å²) in [5, 5.41) is 2.99. The van der Waals surface area contributed by atoms with E-state index >= 15 is 0 Å². The molecule has 6 rings (SSSR count). The van der Waals surface area contributed by atoms with Gasteiger partial charge in [-0.1, -0.05) is 12.1 Å². The molecular weight excluding hydrogens is 405 g/mol. The molecule has 0 saturated carbocycles. The quantitative estimate of drug-likeness (QED) is 0.700. The van der Waals surface area contributed by atoms with E-state index in [9.17, 15) is 18.0 Å². The van der Waals surface area contributed by atoms with Gasteiger partial charge in [0.15, 0.2) is 11.6 Å². The third-order valence-corrected chi connectivity index (χ3v) is 6.93. The highest BCUT2D eigenvalue weighted by Gasteiger charge is 2.37. The van der Waals surface area contributed by atoms with Crippen molar-refractivity contribution in [2.75, 3.05) is 19.6 Å². The van der Waals surface area contributed by atoms with Crippen LogP contribution < -0.4 is 5.32 Å². The van der Waals surface area contributed by atoms with E-state index in [4.69, 9.17) is 4.74 Å². The van der Waals surface area contributed by atoms with Crippen molar-refractivity contribution in [2.45, 2.75) is 44.2 Å². The Balaban J connectivity index is 1.35. The van der Waals surface area contributed by atoms with Crippen LogP contribution >= 0.6 is 0 Å². The van der Waals surface area contributed by atoms with Crippen LogP contribution in [0.25, 0.3) is 11.1 Å². The number of amides is 1. The summed E-state index contributed by atoms with van der Waals surface area (Å²) in [7, 11) is 0. The van der Waals surface area contributed by atoms with Crippen molar-refractivity contribution >= 4 is 6.09 Å². The van der Waals surface area contributed by atoms with Crippen LogP contribution in [0.3, 0.4) is 0 Å². The lowest BCUT2D eigenvalue weighted by atomic mass is 9.85. The summed E-state index contributed by atoms with van der Waals surface area (Å²) in [5.74, 6) is -2.70. The van der Waals surface area contributed by atoms with E-state index in [-0.39, 0.29) is 17.7 Å². The van der Waals surface area contributed by atoms with Crippen LogP contribution in [0.15, 0.2) is 30.3 Å². The molecule has 1 N–H and O–H groups in total. The second kappa shape index (κ2) is 8.19. The molecule has 31 heavy (non-hydrogen) atoms. The van der Waals surface area contributed by atoms with Gasteiger partial charge in [-0.25, -0.2) is 18.0 Å². The second-order valence-electron chi connectivity index (χ2n) is 8.83. The fourth-order valence-electron chi connectivity index (χ4n) is 5.22. The first-order chi connectivity index (χ1) is 15.0. The summed E-state index contributed by atoms with van der Waals surface area (Å²) < 4.78 is 47.1. The summed E-state index contributed by atoms with van der Waals surface area (Å²) >= 11 is 0. The zero-order valence-corrected chi connectivity index (χ0v) is 17.2. The van der Waals surface area contributed by atoms with Crippen LogP contribution in [0.5, 0.6) is 0 Å². The van der Waals surface area contributed by atoms with Gasteiger partial charge in [0.2, 0.25) is 0 Å². The minimum absolute atomic E-state index is 0.000815. The van der Waals surface area contributed by atoms with Crippen LogP contribution in [0.2, 0.25) is 0 Å². The van der Waals surface area contributed by atoms with Crippen molar-refractivity contribution in [2.24, 2.45) is 5.92 Å². The number of halogens is 3. The normalized spacial score (nSPS) is 26.9. The van der Waals surface area contributed by atoms with Crippen LogP contribution in [-0.2, 0) is 11.2 Å². The molecule has 2 bridgehead atoms. The largest absolute Gasteiger partial charge is 0.445 e. The van der Waals surface area contributed by atoms with Gasteiger partial charge in [0.05, 0.1) is 6.04 Å². The van der Waals surface area contributed by atoms with Crippen LogP contribution in [-0.4, -0.2) is 36.7 Å². The molecule has 3 fully saturated rings. The van der Waals surface area contributed by atoms with Gasteiger partial charge in [-0.3, -0.25) is 4.90 Å². The molecule has 2 aromatic rings. The molecular formula is C24H25F3N2O2. The van der Waals surface area contributed by atoms with E-state index in [0.717, 1.165) is 68.9 Å². The summed E-state index contributed by atoms with van der Waals surface area (Å²) in [6.07, 6.45) is 4.13. The Labute approximate surface area is 179 Å². The van der Waals surface area contributed by atoms with Gasteiger partial charge in [0.1, 0.15) is 11.9 Å². The van der Waals surface area contributed by atoms with Crippen molar-refractivity contribution in [1.82, 2.24) is 10.2 Å². The Bertz CT molecular complexity index is 1000. The number of hydrogen-bond donors (Lipinski definition) is 1. The van der Waals surface area contributed by atoms with Gasteiger partial charge < -0.3 is 10.1 Å². The standard InChI is InChI=1S/C24H25F3N2O2/c25-19-12-21(27)20(26)11-17(19)16-5-4-14-2-1-3-22(18(14)10-16)28-24(30)31-23-13-29-8-6-15(23)7-9-29/h4-5,10-12,15,22-23H,1-3,6-9,13H2,(H,28,30)/t22?,23-/m0/s1. The van der Waals surface area contributed by atoms with E-state index in [0.29, 0.717) is 17.5 Å². The fraction of sp³-hybridized carbons (Fsp3) is 0.458. The monoisotopic (exact) mass is 430 g/mol. The molecule has 4 nitrogen and oxygen atoms in total. The molecule has 0 radical (unpaired) electrons.